The molecule has 90 valence electrons. The number of nitrogens with zero attached hydrogens (tertiary/aromatic N) is 2. The van der Waals surface area contributed by atoms with Crippen molar-refractivity contribution in [2.24, 2.45) is 10.7 Å². The maximum atomic E-state index is 5.67. The van der Waals surface area contributed by atoms with Gasteiger partial charge in [0, 0.05) is 26.0 Å². The van der Waals surface area contributed by atoms with E-state index >= 15 is 0 Å². The number of hydrogen-bond donors (Lipinski definition) is 3. The summed E-state index contributed by atoms with van der Waals surface area (Å²) in [4.78, 5) is 4.16. The molecule has 1 rings (SSSR count). The summed E-state index contributed by atoms with van der Waals surface area (Å²) < 4.78 is 5.20. The highest BCUT2D eigenvalue weighted by Crippen LogP contribution is 1.92. The third-order valence-corrected chi connectivity index (χ3v) is 1.95. The van der Waals surface area contributed by atoms with Crippen LogP contribution in [0.2, 0.25) is 0 Å². The maximum Gasteiger partial charge on any atom is 0.188 e. The molecule has 0 aliphatic rings. The van der Waals surface area contributed by atoms with Gasteiger partial charge in [-0.3, -0.25) is 5.10 Å². The van der Waals surface area contributed by atoms with E-state index in [0.29, 0.717) is 12.5 Å². The molecule has 0 aliphatic carbocycles. The molecule has 0 saturated carbocycles. The highest BCUT2D eigenvalue weighted by molar-refractivity contribution is 5.77. The second kappa shape index (κ2) is 7.70. The third kappa shape index (κ3) is 5.35. The van der Waals surface area contributed by atoms with Gasteiger partial charge in [-0.25, -0.2) is 4.99 Å². The van der Waals surface area contributed by atoms with Gasteiger partial charge in [-0.1, -0.05) is 0 Å². The van der Waals surface area contributed by atoms with E-state index in [1.54, 1.807) is 6.20 Å². The van der Waals surface area contributed by atoms with Crippen LogP contribution < -0.4 is 11.1 Å². The predicted octanol–water partition coefficient (Wildman–Crippen LogP) is 0.241. The number of rotatable bonds is 7. The summed E-state index contributed by atoms with van der Waals surface area (Å²) in [5.41, 5.74) is 6.61. The summed E-state index contributed by atoms with van der Waals surface area (Å²) in [6.45, 7) is 4.77. The van der Waals surface area contributed by atoms with Crippen molar-refractivity contribution < 1.29 is 4.74 Å². The van der Waals surface area contributed by atoms with Gasteiger partial charge < -0.3 is 15.8 Å². The molecule has 0 spiro atoms. The van der Waals surface area contributed by atoms with Gasteiger partial charge >= 0.3 is 0 Å². The molecular formula is C10H19N5O. The zero-order chi connectivity index (χ0) is 11.6. The van der Waals surface area contributed by atoms with Crippen LogP contribution in [0.5, 0.6) is 0 Å². The molecular weight excluding hydrogens is 206 g/mol. The number of aliphatic imine (C=N–C) groups is 1. The van der Waals surface area contributed by atoms with Crippen molar-refractivity contribution in [1.82, 2.24) is 15.5 Å². The first-order valence-corrected chi connectivity index (χ1v) is 5.42. The second-order valence-corrected chi connectivity index (χ2v) is 3.26. The van der Waals surface area contributed by atoms with Crippen LogP contribution in [0.25, 0.3) is 0 Å². The normalized spacial score (nSPS) is 11.7. The molecule has 6 heteroatoms. The van der Waals surface area contributed by atoms with Crippen LogP contribution in [-0.2, 0) is 11.3 Å². The van der Waals surface area contributed by atoms with Gasteiger partial charge in [0.25, 0.3) is 0 Å². The van der Waals surface area contributed by atoms with E-state index in [4.69, 9.17) is 10.5 Å². The number of aromatic amines is 1. The highest BCUT2D eigenvalue weighted by Gasteiger charge is 1.93. The molecule has 4 N–H and O–H groups in total. The van der Waals surface area contributed by atoms with E-state index in [1.807, 2.05) is 13.0 Å². The minimum absolute atomic E-state index is 0.450. The Hall–Kier alpha value is -1.56. The fourth-order valence-corrected chi connectivity index (χ4v) is 1.13. The van der Waals surface area contributed by atoms with Gasteiger partial charge in [-0.2, -0.15) is 5.10 Å². The van der Waals surface area contributed by atoms with Gasteiger partial charge in [-0.15, -0.1) is 0 Å². The largest absolute Gasteiger partial charge is 0.382 e. The van der Waals surface area contributed by atoms with Crippen molar-refractivity contribution in [3.05, 3.63) is 18.0 Å². The number of hydrogen-bond acceptors (Lipinski definition) is 3. The summed E-state index contributed by atoms with van der Waals surface area (Å²) >= 11 is 0. The molecule has 0 atom stereocenters. The smallest absolute Gasteiger partial charge is 0.188 e. The summed E-state index contributed by atoms with van der Waals surface area (Å²) in [7, 11) is 0. The average Bonchev–Trinajstić information content (AvgIpc) is 2.79. The van der Waals surface area contributed by atoms with Crippen LogP contribution in [0.3, 0.4) is 0 Å². The Morgan fingerprint density at radius 1 is 1.69 bits per heavy atom. The van der Waals surface area contributed by atoms with Gasteiger partial charge in [-0.05, 0) is 19.4 Å². The zero-order valence-corrected chi connectivity index (χ0v) is 9.57. The summed E-state index contributed by atoms with van der Waals surface area (Å²) in [5, 5.41) is 9.66. The minimum atomic E-state index is 0.450. The van der Waals surface area contributed by atoms with E-state index in [0.717, 1.165) is 31.9 Å². The fraction of sp³-hybridized carbons (Fsp3) is 0.600. The predicted molar refractivity (Wildman–Crippen MR) is 63.0 cm³/mol. The lowest BCUT2D eigenvalue weighted by Gasteiger charge is -2.05. The Morgan fingerprint density at radius 3 is 3.25 bits per heavy atom. The molecule has 1 aromatic rings. The van der Waals surface area contributed by atoms with Crippen molar-refractivity contribution in [2.45, 2.75) is 19.9 Å². The molecule has 0 fully saturated rings. The van der Waals surface area contributed by atoms with Crippen LogP contribution in [0.15, 0.2) is 17.3 Å². The molecule has 1 heterocycles. The monoisotopic (exact) mass is 225 g/mol. The van der Waals surface area contributed by atoms with Crippen LogP contribution in [0.4, 0.5) is 0 Å². The van der Waals surface area contributed by atoms with E-state index in [2.05, 4.69) is 20.5 Å². The van der Waals surface area contributed by atoms with E-state index in [-0.39, 0.29) is 0 Å². The van der Waals surface area contributed by atoms with Gasteiger partial charge in [0.15, 0.2) is 5.96 Å². The van der Waals surface area contributed by atoms with Crippen LogP contribution >= 0.6 is 0 Å². The van der Waals surface area contributed by atoms with Gasteiger partial charge in [0.2, 0.25) is 0 Å². The van der Waals surface area contributed by atoms with Crippen molar-refractivity contribution in [3.8, 4) is 0 Å². The SMILES string of the molecule is CCOCCCNC(N)=NCc1ccn[nH]1. The Kier molecular flexibility index (Phi) is 6.02. The number of H-pyrrole nitrogens is 1. The van der Waals surface area contributed by atoms with Crippen molar-refractivity contribution in [3.63, 3.8) is 0 Å². The first kappa shape index (κ1) is 12.5. The second-order valence-electron chi connectivity index (χ2n) is 3.26. The average molecular weight is 225 g/mol. The first-order chi connectivity index (χ1) is 7.83. The Balaban J connectivity index is 2.09. The molecule has 16 heavy (non-hydrogen) atoms. The molecule has 0 aliphatic heterocycles. The standard InChI is InChI=1S/C10H19N5O/c1-2-16-7-3-5-12-10(11)13-8-9-4-6-14-15-9/h4,6H,2-3,5,7-8H2,1H3,(H,14,15)(H3,11,12,13). The molecule has 0 amide bonds. The van der Waals surface area contributed by atoms with Crippen LogP contribution in [-0.4, -0.2) is 35.9 Å². The van der Waals surface area contributed by atoms with E-state index < -0.39 is 0 Å². The van der Waals surface area contributed by atoms with Crippen LogP contribution in [0, 0.1) is 0 Å². The van der Waals surface area contributed by atoms with Gasteiger partial charge in [0.05, 0.1) is 12.2 Å². The summed E-state index contributed by atoms with van der Waals surface area (Å²) in [5.74, 6) is 0.450. The lowest BCUT2D eigenvalue weighted by Crippen LogP contribution is -2.32. The molecule has 0 bridgehead atoms. The first-order valence-electron chi connectivity index (χ1n) is 5.42. The van der Waals surface area contributed by atoms with Crippen molar-refractivity contribution in [1.29, 1.82) is 0 Å². The molecule has 1 aromatic heterocycles. The molecule has 0 radical (unpaired) electrons. The quantitative estimate of drug-likeness (QED) is 0.352. The lowest BCUT2D eigenvalue weighted by atomic mass is 10.4. The highest BCUT2D eigenvalue weighted by atomic mass is 16.5. The third-order valence-electron chi connectivity index (χ3n) is 1.95. The molecule has 0 aromatic carbocycles. The molecule has 6 nitrogen and oxygen atoms in total. The topological polar surface area (TPSA) is 88.3 Å². The summed E-state index contributed by atoms with van der Waals surface area (Å²) in [6.07, 6.45) is 2.62. The zero-order valence-electron chi connectivity index (χ0n) is 9.57. The van der Waals surface area contributed by atoms with Gasteiger partial charge in [0.1, 0.15) is 0 Å². The summed E-state index contributed by atoms with van der Waals surface area (Å²) in [6, 6.07) is 1.87. The molecule has 0 unspecified atom stereocenters. The minimum Gasteiger partial charge on any atom is -0.382 e. The van der Waals surface area contributed by atoms with E-state index in [1.165, 1.54) is 0 Å². The van der Waals surface area contributed by atoms with Crippen LogP contribution in [0.1, 0.15) is 19.0 Å². The molecule has 0 saturated heterocycles. The Labute approximate surface area is 95.3 Å². The number of aromatic nitrogens is 2. The van der Waals surface area contributed by atoms with Crippen molar-refractivity contribution >= 4 is 5.96 Å². The maximum absolute atomic E-state index is 5.67. The number of nitrogens with one attached hydrogen (secondary N) is 2. The van der Waals surface area contributed by atoms with E-state index in [9.17, 15) is 0 Å². The number of ether oxygens (including phenoxy) is 1. The fourth-order valence-electron chi connectivity index (χ4n) is 1.13. The Bertz CT molecular complexity index is 296. The Morgan fingerprint density at radius 2 is 2.56 bits per heavy atom. The van der Waals surface area contributed by atoms with Crippen molar-refractivity contribution in [2.75, 3.05) is 19.8 Å². The number of guanidine groups is 1. The number of nitrogens with two attached hydrogens (primary N) is 1. The lowest BCUT2D eigenvalue weighted by molar-refractivity contribution is 0.145.